The summed E-state index contributed by atoms with van der Waals surface area (Å²) in [5, 5.41) is 21.5. The predicted molar refractivity (Wildman–Crippen MR) is 71.6 cm³/mol. The van der Waals surface area contributed by atoms with Gasteiger partial charge in [0.1, 0.15) is 18.3 Å². The molecule has 9 heteroatoms. The molecule has 0 bridgehead atoms. The van der Waals surface area contributed by atoms with Crippen molar-refractivity contribution >= 4 is 27.4 Å². The summed E-state index contributed by atoms with van der Waals surface area (Å²) in [4.78, 5) is 14.2. The van der Waals surface area contributed by atoms with Gasteiger partial charge in [-0.1, -0.05) is 0 Å². The minimum atomic E-state index is -0.492. The van der Waals surface area contributed by atoms with Crippen LogP contribution in [0.2, 0.25) is 0 Å². The predicted octanol–water partition coefficient (Wildman–Crippen LogP) is 2.05. The number of pyridine rings is 1. The molecule has 8 nitrogen and oxygen atoms in total. The van der Waals surface area contributed by atoms with Crippen LogP contribution in [0.4, 0.5) is 11.5 Å². The van der Waals surface area contributed by atoms with E-state index in [0.29, 0.717) is 10.3 Å². The van der Waals surface area contributed by atoms with Crippen LogP contribution in [0, 0.1) is 10.1 Å². The summed E-state index contributed by atoms with van der Waals surface area (Å²) in [6.07, 6.45) is 2.81. The molecule has 0 radical (unpaired) electrons. The van der Waals surface area contributed by atoms with E-state index in [4.69, 9.17) is 0 Å². The minimum absolute atomic E-state index is 0.0660. The van der Waals surface area contributed by atoms with Crippen molar-refractivity contribution in [1.29, 1.82) is 0 Å². The lowest BCUT2D eigenvalue weighted by Gasteiger charge is -2.14. The quantitative estimate of drug-likeness (QED) is 0.682. The van der Waals surface area contributed by atoms with Crippen LogP contribution in [-0.2, 0) is 7.05 Å². The third kappa shape index (κ3) is 2.87. The van der Waals surface area contributed by atoms with Gasteiger partial charge < -0.3 is 9.88 Å². The van der Waals surface area contributed by atoms with Crippen molar-refractivity contribution in [2.24, 2.45) is 7.05 Å². The van der Waals surface area contributed by atoms with Crippen LogP contribution in [0.15, 0.2) is 23.1 Å². The number of nitro groups is 1. The molecule has 1 N–H and O–H groups in total. The van der Waals surface area contributed by atoms with Crippen molar-refractivity contribution in [2.75, 3.05) is 5.32 Å². The Labute approximate surface area is 117 Å². The van der Waals surface area contributed by atoms with Crippen molar-refractivity contribution in [2.45, 2.75) is 13.0 Å². The molecule has 0 aliphatic heterocycles. The first-order chi connectivity index (χ1) is 8.99. The molecule has 2 rings (SSSR count). The normalized spacial score (nSPS) is 12.2. The molecule has 0 aliphatic carbocycles. The van der Waals surface area contributed by atoms with E-state index in [-0.39, 0.29) is 11.7 Å². The van der Waals surface area contributed by atoms with Gasteiger partial charge in [-0.2, -0.15) is 0 Å². The Balaban J connectivity index is 2.20. The van der Waals surface area contributed by atoms with Crippen LogP contribution in [0.25, 0.3) is 0 Å². The average molecular weight is 327 g/mol. The molecule has 0 saturated heterocycles. The Morgan fingerprint density at radius 3 is 2.84 bits per heavy atom. The Kier molecular flexibility index (Phi) is 3.74. The molecule has 0 amide bonds. The zero-order valence-electron chi connectivity index (χ0n) is 10.2. The highest BCUT2D eigenvalue weighted by molar-refractivity contribution is 9.10. The Morgan fingerprint density at radius 1 is 1.58 bits per heavy atom. The molecule has 1 atom stereocenters. The maximum Gasteiger partial charge on any atom is 0.288 e. The number of hydrogen-bond donors (Lipinski definition) is 1. The summed E-state index contributed by atoms with van der Waals surface area (Å²) in [5.74, 6) is 1.26. The summed E-state index contributed by atoms with van der Waals surface area (Å²) < 4.78 is 2.31. The average Bonchev–Trinajstić information content (AvgIpc) is 2.77. The molecule has 0 aliphatic rings. The summed E-state index contributed by atoms with van der Waals surface area (Å²) in [6.45, 7) is 1.90. The molecular formula is C10H11BrN6O2. The van der Waals surface area contributed by atoms with E-state index in [1.807, 2.05) is 14.0 Å². The van der Waals surface area contributed by atoms with E-state index in [9.17, 15) is 10.1 Å². The van der Waals surface area contributed by atoms with E-state index in [1.54, 1.807) is 10.9 Å². The van der Waals surface area contributed by atoms with Crippen molar-refractivity contribution < 1.29 is 4.92 Å². The maximum atomic E-state index is 10.6. The van der Waals surface area contributed by atoms with Crippen LogP contribution in [0.1, 0.15) is 18.8 Å². The van der Waals surface area contributed by atoms with Gasteiger partial charge in [0.25, 0.3) is 5.69 Å². The Morgan fingerprint density at radius 2 is 2.32 bits per heavy atom. The standard InChI is InChI=1S/C10H11BrN6O2/c1-6(10-15-13-5-16(10)2)14-9-8(11)3-7(4-12-9)17(18)19/h3-6H,1-2H3,(H,12,14). The third-order valence-corrected chi connectivity index (χ3v) is 3.13. The number of aromatic nitrogens is 4. The molecule has 0 saturated carbocycles. The van der Waals surface area contributed by atoms with Crippen molar-refractivity contribution in [3.63, 3.8) is 0 Å². The van der Waals surface area contributed by atoms with Crippen molar-refractivity contribution in [1.82, 2.24) is 19.7 Å². The van der Waals surface area contributed by atoms with Gasteiger partial charge in [0.2, 0.25) is 0 Å². The lowest BCUT2D eigenvalue weighted by atomic mass is 10.3. The fraction of sp³-hybridized carbons (Fsp3) is 0.300. The number of hydrogen-bond acceptors (Lipinski definition) is 6. The molecule has 100 valence electrons. The van der Waals surface area contributed by atoms with E-state index in [1.165, 1.54) is 12.3 Å². The first-order valence-electron chi connectivity index (χ1n) is 5.39. The molecule has 2 aromatic heterocycles. The fourth-order valence-electron chi connectivity index (χ4n) is 1.59. The molecule has 2 heterocycles. The number of aryl methyl sites for hydroxylation is 1. The van der Waals surface area contributed by atoms with Gasteiger partial charge in [-0.05, 0) is 22.9 Å². The van der Waals surface area contributed by atoms with Crippen molar-refractivity contribution in [3.05, 3.63) is 39.0 Å². The Bertz CT molecular complexity index is 614. The number of nitrogens with one attached hydrogen (secondary N) is 1. The largest absolute Gasteiger partial charge is 0.359 e. The SMILES string of the molecule is CC(Nc1ncc([N+](=O)[O-])cc1Br)c1nncn1C. The molecule has 1 unspecified atom stereocenters. The molecule has 0 spiro atoms. The second kappa shape index (κ2) is 5.31. The maximum absolute atomic E-state index is 10.6. The molecule has 19 heavy (non-hydrogen) atoms. The van der Waals surface area contributed by atoms with Gasteiger partial charge in [0.15, 0.2) is 5.82 Å². The second-order valence-electron chi connectivity index (χ2n) is 3.95. The molecule has 0 aromatic carbocycles. The number of nitrogens with zero attached hydrogens (tertiary/aromatic N) is 5. The molecular weight excluding hydrogens is 316 g/mol. The first kappa shape index (κ1) is 13.4. The van der Waals surface area contributed by atoms with Crippen LogP contribution in [0.3, 0.4) is 0 Å². The zero-order chi connectivity index (χ0) is 14.0. The Hall–Kier alpha value is -2.03. The summed E-state index contributed by atoms with van der Waals surface area (Å²) in [5.41, 5.74) is -0.0660. The van der Waals surface area contributed by atoms with E-state index in [2.05, 4.69) is 36.4 Å². The number of rotatable bonds is 4. The van der Waals surface area contributed by atoms with Crippen LogP contribution < -0.4 is 5.32 Å². The van der Waals surface area contributed by atoms with Crippen LogP contribution in [0.5, 0.6) is 0 Å². The van der Waals surface area contributed by atoms with Gasteiger partial charge in [-0.15, -0.1) is 10.2 Å². The van der Waals surface area contributed by atoms with Gasteiger partial charge >= 0.3 is 0 Å². The summed E-state index contributed by atoms with van der Waals surface area (Å²) in [6, 6.07) is 1.27. The smallest absolute Gasteiger partial charge is 0.288 e. The van der Waals surface area contributed by atoms with Gasteiger partial charge in [0, 0.05) is 13.1 Å². The number of anilines is 1. The highest BCUT2D eigenvalue weighted by Crippen LogP contribution is 2.27. The highest BCUT2D eigenvalue weighted by Gasteiger charge is 2.15. The van der Waals surface area contributed by atoms with Crippen molar-refractivity contribution in [3.8, 4) is 0 Å². The molecule has 0 fully saturated rings. The van der Waals surface area contributed by atoms with Crippen LogP contribution in [-0.4, -0.2) is 24.7 Å². The van der Waals surface area contributed by atoms with Gasteiger partial charge in [-0.25, -0.2) is 4.98 Å². The minimum Gasteiger partial charge on any atom is -0.359 e. The van der Waals surface area contributed by atoms with Gasteiger partial charge in [-0.3, -0.25) is 10.1 Å². The zero-order valence-corrected chi connectivity index (χ0v) is 11.8. The lowest BCUT2D eigenvalue weighted by Crippen LogP contribution is -2.13. The highest BCUT2D eigenvalue weighted by atomic mass is 79.9. The summed E-state index contributed by atoms with van der Waals surface area (Å²) in [7, 11) is 1.84. The summed E-state index contributed by atoms with van der Waals surface area (Å²) >= 11 is 3.25. The lowest BCUT2D eigenvalue weighted by molar-refractivity contribution is -0.385. The fourth-order valence-corrected chi connectivity index (χ4v) is 2.04. The monoisotopic (exact) mass is 326 g/mol. The van der Waals surface area contributed by atoms with E-state index < -0.39 is 4.92 Å². The van der Waals surface area contributed by atoms with E-state index in [0.717, 1.165) is 5.82 Å². The number of halogens is 1. The third-order valence-electron chi connectivity index (χ3n) is 2.52. The van der Waals surface area contributed by atoms with E-state index >= 15 is 0 Å². The van der Waals surface area contributed by atoms with Gasteiger partial charge in [0.05, 0.1) is 15.4 Å². The first-order valence-corrected chi connectivity index (χ1v) is 6.18. The van der Waals surface area contributed by atoms with Crippen LogP contribution >= 0.6 is 15.9 Å². The topological polar surface area (TPSA) is 98.8 Å². The second-order valence-corrected chi connectivity index (χ2v) is 4.80. The molecule has 2 aromatic rings.